The molecule has 0 unspecified atom stereocenters. The molecule has 0 spiro atoms. The molecule has 0 aromatic heterocycles. The van der Waals surface area contributed by atoms with E-state index in [0.29, 0.717) is 61.8 Å². The van der Waals surface area contributed by atoms with E-state index >= 15 is 0 Å². The highest BCUT2D eigenvalue weighted by atomic mass is 19.3. The topological polar surface area (TPSA) is 18.5 Å². The first-order valence-electron chi connectivity index (χ1n) is 15.0. The standard InChI is InChI=1S/C32H38F8O2/c1-3-5-19-7-11-21(12-8-19)31(37,38)41-23-15-25(33)29(26(34)16-23)30-27(35)17-24(18-28(30)36)42-32(39,40)22-13-9-20(6-4-2)10-14-22/h15-22H,3-14H2,1-2H3. The van der Waals surface area contributed by atoms with Crippen molar-refractivity contribution < 1.29 is 44.6 Å². The van der Waals surface area contributed by atoms with E-state index in [1.165, 1.54) is 0 Å². The zero-order valence-electron chi connectivity index (χ0n) is 23.9. The fourth-order valence-electron chi connectivity index (χ4n) is 6.57. The number of hydrogen-bond donors (Lipinski definition) is 0. The number of benzene rings is 2. The Morgan fingerprint density at radius 2 is 0.833 bits per heavy atom. The lowest BCUT2D eigenvalue weighted by Gasteiger charge is -2.33. The van der Waals surface area contributed by atoms with Crippen LogP contribution in [0.15, 0.2) is 24.3 Å². The molecule has 0 heterocycles. The van der Waals surface area contributed by atoms with Crippen molar-refractivity contribution in [2.24, 2.45) is 23.7 Å². The highest BCUT2D eigenvalue weighted by Gasteiger charge is 2.45. The second-order valence-electron chi connectivity index (χ2n) is 11.9. The molecule has 4 rings (SSSR count). The molecule has 2 aliphatic carbocycles. The summed E-state index contributed by atoms with van der Waals surface area (Å²) in [6, 6.07) is 1.73. The van der Waals surface area contributed by atoms with E-state index in [-0.39, 0.29) is 25.7 Å². The minimum Gasteiger partial charge on any atom is -0.432 e. The molecule has 2 fully saturated rings. The summed E-state index contributed by atoms with van der Waals surface area (Å²) in [5, 5.41) is 0. The maximum absolute atomic E-state index is 15.0. The molecule has 42 heavy (non-hydrogen) atoms. The molecular weight excluding hydrogens is 568 g/mol. The maximum atomic E-state index is 15.0. The van der Waals surface area contributed by atoms with E-state index in [4.69, 9.17) is 9.47 Å². The SMILES string of the molecule is CCCC1CCC(C(F)(F)Oc2cc(F)c(-c3c(F)cc(OC(F)(F)C4CCC(CCC)CC4)cc3F)c(F)c2)CC1. The fourth-order valence-corrected chi connectivity index (χ4v) is 6.57. The predicted molar refractivity (Wildman–Crippen MR) is 144 cm³/mol. The Balaban J connectivity index is 1.48. The van der Waals surface area contributed by atoms with Crippen LogP contribution in [0.1, 0.15) is 90.9 Å². The van der Waals surface area contributed by atoms with Crippen LogP contribution in [0, 0.1) is 46.9 Å². The first-order valence-corrected chi connectivity index (χ1v) is 15.0. The lowest BCUT2D eigenvalue weighted by atomic mass is 9.79. The lowest BCUT2D eigenvalue weighted by Crippen LogP contribution is -2.37. The van der Waals surface area contributed by atoms with E-state index in [9.17, 15) is 35.1 Å². The van der Waals surface area contributed by atoms with Crippen LogP contribution >= 0.6 is 0 Å². The second kappa shape index (κ2) is 13.4. The Kier molecular flexibility index (Phi) is 10.3. The molecule has 0 aliphatic heterocycles. The zero-order chi connectivity index (χ0) is 30.7. The molecule has 0 saturated heterocycles. The molecule has 0 radical (unpaired) electrons. The summed E-state index contributed by atoms with van der Waals surface area (Å²) in [5.74, 6) is -9.41. The molecule has 10 heteroatoms. The van der Waals surface area contributed by atoms with Crippen molar-refractivity contribution in [2.45, 2.75) is 103 Å². The van der Waals surface area contributed by atoms with Crippen LogP contribution in [-0.4, -0.2) is 12.2 Å². The van der Waals surface area contributed by atoms with Gasteiger partial charge in [-0.05, 0) is 63.2 Å². The number of halogens is 8. The summed E-state index contributed by atoms with van der Waals surface area (Å²) >= 11 is 0. The van der Waals surface area contributed by atoms with Crippen molar-refractivity contribution in [3.8, 4) is 22.6 Å². The number of rotatable bonds is 11. The first kappa shape index (κ1) is 32.4. The van der Waals surface area contributed by atoms with Crippen LogP contribution < -0.4 is 9.47 Å². The van der Waals surface area contributed by atoms with Gasteiger partial charge in [0.05, 0.1) is 23.0 Å². The molecule has 0 atom stereocenters. The summed E-state index contributed by atoms with van der Waals surface area (Å²) in [6.07, 6.45) is -0.405. The number of ether oxygens (including phenoxy) is 2. The van der Waals surface area contributed by atoms with Gasteiger partial charge in [0, 0.05) is 24.3 Å². The van der Waals surface area contributed by atoms with Crippen LogP contribution in [0.25, 0.3) is 11.1 Å². The molecule has 2 saturated carbocycles. The predicted octanol–water partition coefficient (Wildman–Crippen LogP) is 11.1. The fraction of sp³-hybridized carbons (Fsp3) is 0.625. The molecule has 0 bridgehead atoms. The van der Waals surface area contributed by atoms with Gasteiger partial charge in [-0.2, -0.15) is 17.6 Å². The zero-order valence-corrected chi connectivity index (χ0v) is 23.9. The monoisotopic (exact) mass is 606 g/mol. The van der Waals surface area contributed by atoms with Crippen molar-refractivity contribution in [3.05, 3.63) is 47.5 Å². The maximum Gasteiger partial charge on any atom is 0.400 e. The third-order valence-corrected chi connectivity index (χ3v) is 8.83. The molecule has 0 N–H and O–H groups in total. The van der Waals surface area contributed by atoms with Gasteiger partial charge in [0.25, 0.3) is 0 Å². The van der Waals surface area contributed by atoms with Crippen molar-refractivity contribution in [1.29, 1.82) is 0 Å². The Hall–Kier alpha value is -2.52. The summed E-state index contributed by atoms with van der Waals surface area (Å²) in [4.78, 5) is 0. The molecule has 0 amide bonds. The van der Waals surface area contributed by atoms with Gasteiger partial charge in [-0.1, -0.05) is 39.5 Å². The van der Waals surface area contributed by atoms with E-state index in [0.717, 1.165) is 25.7 Å². The van der Waals surface area contributed by atoms with E-state index < -0.39 is 69.9 Å². The minimum atomic E-state index is -3.70. The van der Waals surface area contributed by atoms with Crippen LogP contribution in [0.4, 0.5) is 35.1 Å². The van der Waals surface area contributed by atoms with Gasteiger partial charge in [-0.15, -0.1) is 0 Å². The molecule has 234 valence electrons. The third kappa shape index (κ3) is 7.51. The summed E-state index contributed by atoms with van der Waals surface area (Å²) < 4.78 is 129. The van der Waals surface area contributed by atoms with Gasteiger partial charge in [0.2, 0.25) is 0 Å². The number of hydrogen-bond acceptors (Lipinski definition) is 2. The largest absolute Gasteiger partial charge is 0.432 e. The minimum absolute atomic E-state index is 0.199. The van der Waals surface area contributed by atoms with E-state index in [1.807, 2.05) is 13.8 Å². The van der Waals surface area contributed by atoms with Crippen molar-refractivity contribution in [1.82, 2.24) is 0 Å². The molecule has 2 nitrogen and oxygen atoms in total. The average Bonchev–Trinajstić information content (AvgIpc) is 2.90. The van der Waals surface area contributed by atoms with Crippen molar-refractivity contribution in [3.63, 3.8) is 0 Å². The summed E-state index contributed by atoms with van der Waals surface area (Å²) in [6.45, 7) is 4.05. The molecule has 2 aromatic rings. The van der Waals surface area contributed by atoms with E-state index in [2.05, 4.69) is 0 Å². The number of alkyl halides is 4. The highest BCUT2D eigenvalue weighted by molar-refractivity contribution is 5.68. The summed E-state index contributed by atoms with van der Waals surface area (Å²) in [5.41, 5.74) is -2.35. The van der Waals surface area contributed by atoms with Crippen LogP contribution in [0.5, 0.6) is 11.5 Å². The summed E-state index contributed by atoms with van der Waals surface area (Å²) in [7, 11) is 0. The Bertz CT molecular complexity index is 1060. The van der Waals surface area contributed by atoms with Gasteiger partial charge in [0.1, 0.15) is 34.8 Å². The molecule has 2 aliphatic rings. The van der Waals surface area contributed by atoms with Gasteiger partial charge in [0.15, 0.2) is 0 Å². The van der Waals surface area contributed by atoms with Crippen molar-refractivity contribution in [2.75, 3.05) is 0 Å². The van der Waals surface area contributed by atoms with Gasteiger partial charge in [-0.3, -0.25) is 0 Å². The quantitative estimate of drug-likeness (QED) is 0.237. The Morgan fingerprint density at radius 1 is 0.548 bits per heavy atom. The van der Waals surface area contributed by atoms with Crippen LogP contribution in [-0.2, 0) is 0 Å². The van der Waals surface area contributed by atoms with Gasteiger partial charge >= 0.3 is 12.2 Å². The average molecular weight is 607 g/mol. The van der Waals surface area contributed by atoms with Gasteiger partial charge in [-0.25, -0.2) is 17.6 Å². The normalized spacial score (nSPS) is 23.6. The Labute approximate surface area is 241 Å². The second-order valence-corrected chi connectivity index (χ2v) is 11.9. The van der Waals surface area contributed by atoms with Crippen molar-refractivity contribution >= 4 is 0 Å². The third-order valence-electron chi connectivity index (χ3n) is 8.83. The Morgan fingerprint density at radius 3 is 1.10 bits per heavy atom. The van der Waals surface area contributed by atoms with Crippen LogP contribution in [0.2, 0.25) is 0 Å². The van der Waals surface area contributed by atoms with Gasteiger partial charge < -0.3 is 9.47 Å². The van der Waals surface area contributed by atoms with Crippen LogP contribution in [0.3, 0.4) is 0 Å². The first-order chi connectivity index (χ1) is 19.8. The highest BCUT2D eigenvalue weighted by Crippen LogP contribution is 2.44. The smallest absolute Gasteiger partial charge is 0.400 e. The molecular formula is C32H38F8O2. The molecule has 2 aromatic carbocycles. The lowest BCUT2D eigenvalue weighted by molar-refractivity contribution is -0.224. The van der Waals surface area contributed by atoms with E-state index in [1.54, 1.807) is 0 Å².